The first kappa shape index (κ1) is 11.5. The molecular weight excluding hydrogens is 272 g/mol. The number of halogens is 1. The van der Waals surface area contributed by atoms with E-state index in [2.05, 4.69) is 35.6 Å². The largest absolute Gasteiger partial charge is 0.292 e. The van der Waals surface area contributed by atoms with Crippen LogP contribution in [-0.2, 0) is 0 Å². The van der Waals surface area contributed by atoms with Gasteiger partial charge in [-0.3, -0.25) is 5.43 Å². The van der Waals surface area contributed by atoms with Crippen molar-refractivity contribution in [3.63, 3.8) is 0 Å². The van der Waals surface area contributed by atoms with E-state index in [4.69, 9.17) is 17.4 Å². The molecule has 3 aromatic rings. The van der Waals surface area contributed by atoms with Crippen LogP contribution < -0.4 is 11.3 Å². The van der Waals surface area contributed by atoms with Gasteiger partial charge in [-0.2, -0.15) is 29.8 Å². The monoisotopic (exact) mass is 278 g/mol. The van der Waals surface area contributed by atoms with E-state index in [9.17, 15) is 0 Å². The van der Waals surface area contributed by atoms with Gasteiger partial charge in [0.2, 0.25) is 5.95 Å². The molecule has 10 nitrogen and oxygen atoms in total. The number of nitrogens with zero attached hydrogens (tertiary/aromatic N) is 8. The lowest BCUT2D eigenvalue weighted by molar-refractivity contribution is 0.745. The molecule has 3 rings (SSSR count). The fraction of sp³-hybridized carbons (Fsp3) is 0. The molecule has 3 heterocycles. The third-order valence-corrected chi connectivity index (χ3v) is 2.32. The van der Waals surface area contributed by atoms with Crippen molar-refractivity contribution in [1.82, 2.24) is 39.5 Å². The molecule has 0 saturated carbocycles. The molecule has 0 aliphatic rings. The lowest BCUT2D eigenvalue weighted by atomic mass is 10.7. The number of nitrogen functional groups attached to an aromatic ring is 1. The normalized spacial score (nSPS) is 10.6. The van der Waals surface area contributed by atoms with Gasteiger partial charge in [0.05, 0.1) is 17.4 Å². The molecule has 3 N–H and O–H groups in total. The summed E-state index contributed by atoms with van der Waals surface area (Å²) in [4.78, 5) is 16.1. The van der Waals surface area contributed by atoms with Crippen LogP contribution in [0, 0.1) is 0 Å². The first-order chi connectivity index (χ1) is 9.26. The highest BCUT2D eigenvalue weighted by atomic mass is 35.5. The third kappa shape index (κ3) is 2.21. The Morgan fingerprint density at radius 1 is 1.11 bits per heavy atom. The SMILES string of the molecule is NNc1nc(-n2cncn2)nc(-n2cc(Cl)cn2)n1. The molecule has 0 aliphatic heterocycles. The minimum absolute atomic E-state index is 0.169. The van der Waals surface area contributed by atoms with E-state index in [0.717, 1.165) is 0 Å². The number of hydrazine groups is 1. The van der Waals surface area contributed by atoms with Crippen LogP contribution in [-0.4, -0.2) is 39.5 Å². The van der Waals surface area contributed by atoms with Crippen LogP contribution in [0.2, 0.25) is 5.02 Å². The zero-order valence-electron chi connectivity index (χ0n) is 9.34. The van der Waals surface area contributed by atoms with Crippen LogP contribution in [0.15, 0.2) is 25.0 Å². The van der Waals surface area contributed by atoms with E-state index in [1.807, 2.05) is 0 Å². The Bertz CT molecular complexity index is 689. The summed E-state index contributed by atoms with van der Waals surface area (Å²) in [5, 5.41) is 8.40. The number of nitrogens with one attached hydrogen (secondary N) is 1. The molecule has 3 aromatic heterocycles. The van der Waals surface area contributed by atoms with Crippen molar-refractivity contribution in [2.24, 2.45) is 5.84 Å². The molecule has 0 atom stereocenters. The van der Waals surface area contributed by atoms with Crippen molar-refractivity contribution in [3.8, 4) is 11.9 Å². The number of rotatable bonds is 3. The highest BCUT2D eigenvalue weighted by Crippen LogP contribution is 2.11. The summed E-state index contributed by atoms with van der Waals surface area (Å²) in [6.07, 6.45) is 5.84. The maximum absolute atomic E-state index is 5.80. The first-order valence-electron chi connectivity index (χ1n) is 5.04. The molecule has 96 valence electrons. The Hall–Kier alpha value is -2.59. The topological polar surface area (TPSA) is 125 Å². The lowest BCUT2D eigenvalue weighted by Crippen LogP contribution is -2.16. The smallest absolute Gasteiger partial charge is 0.258 e. The first-order valence-corrected chi connectivity index (χ1v) is 5.42. The van der Waals surface area contributed by atoms with Crippen molar-refractivity contribution < 1.29 is 0 Å². The second kappa shape index (κ2) is 4.59. The molecule has 0 amide bonds. The lowest BCUT2D eigenvalue weighted by Gasteiger charge is -2.05. The van der Waals surface area contributed by atoms with Gasteiger partial charge < -0.3 is 0 Å². The molecule has 0 fully saturated rings. The van der Waals surface area contributed by atoms with Crippen LogP contribution in [0.3, 0.4) is 0 Å². The van der Waals surface area contributed by atoms with Crippen molar-refractivity contribution in [2.45, 2.75) is 0 Å². The zero-order chi connectivity index (χ0) is 13.2. The third-order valence-electron chi connectivity index (χ3n) is 2.12. The highest BCUT2D eigenvalue weighted by molar-refractivity contribution is 6.30. The van der Waals surface area contributed by atoms with Crippen LogP contribution in [0.1, 0.15) is 0 Å². The Balaban J connectivity index is 2.12. The van der Waals surface area contributed by atoms with Crippen LogP contribution >= 0.6 is 11.6 Å². The maximum Gasteiger partial charge on any atom is 0.258 e. The average Bonchev–Trinajstić information content (AvgIpc) is 3.09. The molecule has 0 radical (unpaired) electrons. The predicted octanol–water partition coefficient (Wildman–Crippen LogP) is -0.423. The van der Waals surface area contributed by atoms with Gasteiger partial charge in [0.15, 0.2) is 0 Å². The van der Waals surface area contributed by atoms with Crippen molar-refractivity contribution in [3.05, 3.63) is 30.1 Å². The van der Waals surface area contributed by atoms with Gasteiger partial charge in [0.1, 0.15) is 12.7 Å². The molecule has 0 bridgehead atoms. The molecule has 0 spiro atoms. The van der Waals surface area contributed by atoms with Crippen molar-refractivity contribution in [1.29, 1.82) is 0 Å². The molecule has 0 aromatic carbocycles. The predicted molar refractivity (Wildman–Crippen MR) is 64.7 cm³/mol. The van der Waals surface area contributed by atoms with E-state index in [1.54, 1.807) is 6.20 Å². The average molecular weight is 279 g/mol. The van der Waals surface area contributed by atoms with Crippen molar-refractivity contribution >= 4 is 17.5 Å². The van der Waals surface area contributed by atoms with Crippen LogP contribution in [0.25, 0.3) is 11.9 Å². The summed E-state index contributed by atoms with van der Waals surface area (Å²) in [6.45, 7) is 0. The van der Waals surface area contributed by atoms with E-state index < -0.39 is 0 Å². The quantitative estimate of drug-likeness (QED) is 0.488. The summed E-state index contributed by atoms with van der Waals surface area (Å²) in [6, 6.07) is 0. The minimum Gasteiger partial charge on any atom is -0.292 e. The molecule has 11 heteroatoms. The summed E-state index contributed by atoms with van der Waals surface area (Å²) in [7, 11) is 0. The van der Waals surface area contributed by atoms with Crippen LogP contribution in [0.5, 0.6) is 0 Å². The number of hydrogen-bond donors (Lipinski definition) is 2. The van der Waals surface area contributed by atoms with Crippen LogP contribution in [0.4, 0.5) is 5.95 Å². The second-order valence-electron chi connectivity index (χ2n) is 3.35. The van der Waals surface area contributed by atoms with E-state index in [1.165, 1.54) is 28.2 Å². The molecule has 0 aliphatic carbocycles. The van der Waals surface area contributed by atoms with E-state index >= 15 is 0 Å². The van der Waals surface area contributed by atoms with Gasteiger partial charge in [0, 0.05) is 0 Å². The summed E-state index contributed by atoms with van der Waals surface area (Å²) < 4.78 is 2.77. The van der Waals surface area contributed by atoms with E-state index in [-0.39, 0.29) is 17.8 Å². The van der Waals surface area contributed by atoms with Crippen molar-refractivity contribution in [2.75, 3.05) is 5.43 Å². The van der Waals surface area contributed by atoms with Gasteiger partial charge in [-0.25, -0.2) is 15.5 Å². The van der Waals surface area contributed by atoms with E-state index in [0.29, 0.717) is 5.02 Å². The van der Waals surface area contributed by atoms with Gasteiger partial charge in [-0.05, 0) is 0 Å². The Morgan fingerprint density at radius 2 is 1.89 bits per heavy atom. The minimum atomic E-state index is 0.169. The molecule has 0 saturated heterocycles. The summed E-state index contributed by atoms with van der Waals surface area (Å²) in [5.74, 6) is 5.99. The number of aromatic nitrogens is 8. The Kier molecular flexibility index (Phi) is 2.78. The fourth-order valence-electron chi connectivity index (χ4n) is 1.35. The Morgan fingerprint density at radius 3 is 2.47 bits per heavy atom. The molecule has 19 heavy (non-hydrogen) atoms. The molecular formula is C8H7ClN10. The van der Waals surface area contributed by atoms with Gasteiger partial charge in [-0.15, -0.1) is 0 Å². The number of hydrogen-bond acceptors (Lipinski definition) is 8. The Labute approximate surface area is 111 Å². The summed E-state index contributed by atoms with van der Waals surface area (Å²) in [5.41, 5.74) is 2.35. The highest BCUT2D eigenvalue weighted by Gasteiger charge is 2.10. The van der Waals surface area contributed by atoms with Gasteiger partial charge >= 0.3 is 0 Å². The fourth-order valence-corrected chi connectivity index (χ4v) is 1.48. The number of anilines is 1. The standard InChI is InChI=1S/C8H7ClN10/c9-5-1-12-18(2-5)7-14-6(17-10)15-8(16-7)19-4-11-3-13-19/h1-4H,10H2,(H,14,15,16,17). The second-order valence-corrected chi connectivity index (χ2v) is 3.78. The van der Waals surface area contributed by atoms with Gasteiger partial charge in [0.25, 0.3) is 11.9 Å². The number of nitrogens with two attached hydrogens (primary N) is 1. The van der Waals surface area contributed by atoms with Gasteiger partial charge in [-0.1, -0.05) is 11.6 Å². The summed E-state index contributed by atoms with van der Waals surface area (Å²) >= 11 is 5.80. The molecule has 0 unspecified atom stereocenters. The zero-order valence-corrected chi connectivity index (χ0v) is 10.1. The maximum atomic E-state index is 5.80.